The van der Waals surface area contributed by atoms with E-state index >= 15 is 0 Å². The monoisotopic (exact) mass is 324 g/mol. The topological polar surface area (TPSA) is 32.3 Å². The predicted molar refractivity (Wildman–Crippen MR) is 82.3 cm³/mol. The van der Waals surface area contributed by atoms with Crippen LogP contribution in [0.15, 0.2) is 28.7 Å². The third-order valence-electron chi connectivity index (χ3n) is 3.48. The number of anilines is 1. The van der Waals surface area contributed by atoms with Crippen molar-refractivity contribution in [2.24, 2.45) is 0 Å². The average Bonchev–Trinajstić information content (AvgIpc) is 2.68. The summed E-state index contributed by atoms with van der Waals surface area (Å²) in [7, 11) is 0. The predicted octanol–water partition coefficient (Wildman–Crippen LogP) is 3.65. The van der Waals surface area contributed by atoms with Gasteiger partial charge in [-0.2, -0.15) is 0 Å². The van der Waals surface area contributed by atoms with Crippen molar-refractivity contribution in [3.63, 3.8) is 0 Å². The van der Waals surface area contributed by atoms with Gasteiger partial charge in [-0.05, 0) is 50.2 Å². The Morgan fingerprint density at radius 3 is 2.37 bits per heavy atom. The van der Waals surface area contributed by atoms with Crippen LogP contribution in [0.3, 0.4) is 0 Å². The van der Waals surface area contributed by atoms with Gasteiger partial charge in [0.15, 0.2) is 0 Å². The first kappa shape index (κ1) is 14.5. The maximum Gasteiger partial charge on any atom is 0.225 e. The van der Waals surface area contributed by atoms with Crippen LogP contribution in [-0.2, 0) is 4.79 Å². The maximum atomic E-state index is 11.9. The minimum absolute atomic E-state index is 0.103. The molecule has 1 heterocycles. The number of hydrogen-bond acceptors (Lipinski definition) is 2. The number of carbonyl (C=O) groups is 1. The van der Waals surface area contributed by atoms with E-state index in [1.807, 2.05) is 24.3 Å². The summed E-state index contributed by atoms with van der Waals surface area (Å²) >= 11 is 3.38. The van der Waals surface area contributed by atoms with Crippen molar-refractivity contribution in [1.82, 2.24) is 4.90 Å². The van der Waals surface area contributed by atoms with E-state index in [1.54, 1.807) is 0 Å². The number of nitrogens with one attached hydrogen (secondary N) is 1. The van der Waals surface area contributed by atoms with Gasteiger partial charge in [-0.15, -0.1) is 0 Å². The summed E-state index contributed by atoms with van der Waals surface area (Å²) in [5.41, 5.74) is 0.865. The molecule has 1 aliphatic heterocycles. The molecule has 0 spiro atoms. The third-order valence-corrected chi connectivity index (χ3v) is 4.01. The highest BCUT2D eigenvalue weighted by atomic mass is 79.9. The molecule has 0 atom stereocenters. The molecule has 1 fully saturated rings. The molecule has 19 heavy (non-hydrogen) atoms. The van der Waals surface area contributed by atoms with Crippen LogP contribution in [0.2, 0.25) is 0 Å². The van der Waals surface area contributed by atoms with Crippen LogP contribution in [0.5, 0.6) is 0 Å². The van der Waals surface area contributed by atoms with Crippen molar-refractivity contribution < 1.29 is 4.79 Å². The SMILES string of the molecule is O=C(CCN1CCCCCC1)Nc1ccc(Br)cc1. The van der Waals surface area contributed by atoms with E-state index in [9.17, 15) is 4.79 Å². The highest BCUT2D eigenvalue weighted by Crippen LogP contribution is 2.14. The zero-order valence-electron chi connectivity index (χ0n) is 11.2. The second-order valence-corrected chi connectivity index (χ2v) is 5.98. The molecule has 3 nitrogen and oxygen atoms in total. The Bertz CT molecular complexity index is 397. The normalized spacial score (nSPS) is 16.9. The smallest absolute Gasteiger partial charge is 0.225 e. The van der Waals surface area contributed by atoms with Gasteiger partial charge in [0.05, 0.1) is 0 Å². The van der Waals surface area contributed by atoms with Crippen molar-refractivity contribution in [3.8, 4) is 0 Å². The second-order valence-electron chi connectivity index (χ2n) is 5.06. The molecule has 2 rings (SSSR count). The minimum Gasteiger partial charge on any atom is -0.326 e. The highest BCUT2D eigenvalue weighted by molar-refractivity contribution is 9.10. The summed E-state index contributed by atoms with van der Waals surface area (Å²) < 4.78 is 1.02. The van der Waals surface area contributed by atoms with Crippen molar-refractivity contribution in [1.29, 1.82) is 0 Å². The molecule has 1 aliphatic rings. The summed E-state index contributed by atoms with van der Waals surface area (Å²) in [6, 6.07) is 7.69. The van der Waals surface area contributed by atoms with Gasteiger partial charge in [0, 0.05) is 23.1 Å². The average molecular weight is 325 g/mol. The van der Waals surface area contributed by atoms with Gasteiger partial charge in [0.25, 0.3) is 0 Å². The number of hydrogen-bond donors (Lipinski definition) is 1. The standard InChI is InChI=1S/C15H21BrN2O/c16-13-5-7-14(8-6-13)17-15(19)9-12-18-10-3-1-2-4-11-18/h5-8H,1-4,9-12H2,(H,17,19). The maximum absolute atomic E-state index is 11.9. The van der Waals surface area contributed by atoms with Gasteiger partial charge >= 0.3 is 0 Å². The molecule has 0 radical (unpaired) electrons. The zero-order valence-corrected chi connectivity index (χ0v) is 12.8. The molecular weight excluding hydrogens is 304 g/mol. The summed E-state index contributed by atoms with van der Waals surface area (Å²) in [5, 5.41) is 2.94. The first-order valence-electron chi connectivity index (χ1n) is 7.02. The lowest BCUT2D eigenvalue weighted by atomic mass is 10.2. The molecule has 1 N–H and O–H groups in total. The van der Waals surface area contributed by atoms with E-state index < -0.39 is 0 Å². The summed E-state index contributed by atoms with van der Waals surface area (Å²) in [5.74, 6) is 0.103. The molecule has 0 aromatic heterocycles. The number of nitrogens with zero attached hydrogens (tertiary/aromatic N) is 1. The number of amides is 1. The van der Waals surface area contributed by atoms with Gasteiger partial charge < -0.3 is 10.2 Å². The molecule has 1 saturated heterocycles. The first-order chi connectivity index (χ1) is 9.24. The lowest BCUT2D eigenvalue weighted by molar-refractivity contribution is -0.116. The van der Waals surface area contributed by atoms with Gasteiger partial charge in [-0.3, -0.25) is 4.79 Å². The van der Waals surface area contributed by atoms with E-state index in [2.05, 4.69) is 26.1 Å². The van der Waals surface area contributed by atoms with Crippen LogP contribution in [0.1, 0.15) is 32.1 Å². The van der Waals surface area contributed by atoms with Crippen LogP contribution >= 0.6 is 15.9 Å². The quantitative estimate of drug-likeness (QED) is 0.916. The molecule has 0 bridgehead atoms. The molecule has 0 aliphatic carbocycles. The fourth-order valence-corrected chi connectivity index (χ4v) is 2.64. The number of likely N-dealkylation sites (tertiary alicyclic amines) is 1. The van der Waals surface area contributed by atoms with Gasteiger partial charge in [-0.1, -0.05) is 28.8 Å². The Kier molecular flexibility index (Phi) is 5.86. The Morgan fingerprint density at radius 1 is 1.11 bits per heavy atom. The van der Waals surface area contributed by atoms with Crippen LogP contribution in [0.25, 0.3) is 0 Å². The van der Waals surface area contributed by atoms with Crippen LogP contribution in [0, 0.1) is 0 Å². The first-order valence-corrected chi connectivity index (χ1v) is 7.81. The molecule has 0 unspecified atom stereocenters. The van der Waals surface area contributed by atoms with Crippen molar-refractivity contribution in [2.75, 3.05) is 25.0 Å². The number of benzene rings is 1. The largest absolute Gasteiger partial charge is 0.326 e. The van der Waals surface area contributed by atoms with E-state index in [0.717, 1.165) is 29.8 Å². The van der Waals surface area contributed by atoms with E-state index in [1.165, 1.54) is 25.7 Å². The number of rotatable bonds is 4. The Balaban J connectivity index is 1.73. The van der Waals surface area contributed by atoms with Crippen molar-refractivity contribution in [2.45, 2.75) is 32.1 Å². The fourth-order valence-electron chi connectivity index (χ4n) is 2.38. The molecule has 1 amide bonds. The lowest BCUT2D eigenvalue weighted by Crippen LogP contribution is -2.28. The van der Waals surface area contributed by atoms with Gasteiger partial charge in [-0.25, -0.2) is 0 Å². The zero-order chi connectivity index (χ0) is 13.5. The number of halogens is 1. The highest BCUT2D eigenvalue weighted by Gasteiger charge is 2.10. The van der Waals surface area contributed by atoms with Gasteiger partial charge in [0.2, 0.25) is 5.91 Å². The Labute approximate surface area is 123 Å². The van der Waals surface area contributed by atoms with Crippen LogP contribution in [-0.4, -0.2) is 30.4 Å². The lowest BCUT2D eigenvalue weighted by Gasteiger charge is -2.19. The van der Waals surface area contributed by atoms with Gasteiger partial charge in [0.1, 0.15) is 0 Å². The van der Waals surface area contributed by atoms with E-state index in [0.29, 0.717) is 6.42 Å². The minimum atomic E-state index is 0.103. The summed E-state index contributed by atoms with van der Waals surface area (Å²) in [4.78, 5) is 14.3. The molecule has 1 aromatic rings. The second kappa shape index (κ2) is 7.65. The molecule has 4 heteroatoms. The third kappa shape index (κ3) is 5.33. The molecular formula is C15H21BrN2O. The molecule has 0 saturated carbocycles. The van der Waals surface area contributed by atoms with E-state index in [-0.39, 0.29) is 5.91 Å². The van der Waals surface area contributed by atoms with Crippen molar-refractivity contribution >= 4 is 27.5 Å². The number of carbonyl (C=O) groups excluding carboxylic acids is 1. The molecule has 104 valence electrons. The summed E-state index contributed by atoms with van der Waals surface area (Å²) in [6.07, 6.45) is 5.79. The van der Waals surface area contributed by atoms with E-state index in [4.69, 9.17) is 0 Å². The van der Waals surface area contributed by atoms with Crippen LogP contribution < -0.4 is 5.32 Å². The van der Waals surface area contributed by atoms with Crippen molar-refractivity contribution in [3.05, 3.63) is 28.7 Å². The fraction of sp³-hybridized carbons (Fsp3) is 0.533. The Morgan fingerprint density at radius 2 is 1.74 bits per heavy atom. The molecule has 1 aromatic carbocycles. The van der Waals surface area contributed by atoms with Crippen LogP contribution in [0.4, 0.5) is 5.69 Å². The Hall–Kier alpha value is -0.870. The summed E-state index contributed by atoms with van der Waals surface area (Å²) in [6.45, 7) is 3.17.